The van der Waals surface area contributed by atoms with Crippen LogP contribution in [0.1, 0.15) is 29.3 Å². The second kappa shape index (κ2) is 10.0. The molecule has 8 nitrogen and oxygen atoms in total. The molecule has 4 N–H and O–H groups in total. The van der Waals surface area contributed by atoms with Crippen molar-refractivity contribution in [3.05, 3.63) is 47.7 Å². The summed E-state index contributed by atoms with van der Waals surface area (Å²) in [5.74, 6) is -1.28. The van der Waals surface area contributed by atoms with Crippen LogP contribution < -0.4 is 10.5 Å². The maximum Gasteiger partial charge on any atom is 0.573 e. The van der Waals surface area contributed by atoms with E-state index in [1.165, 1.54) is 24.3 Å². The molecule has 0 spiro atoms. The van der Waals surface area contributed by atoms with Crippen LogP contribution in [0.5, 0.6) is 11.5 Å². The van der Waals surface area contributed by atoms with Gasteiger partial charge in [0.2, 0.25) is 5.91 Å². The van der Waals surface area contributed by atoms with E-state index in [2.05, 4.69) is 16.6 Å². The maximum absolute atomic E-state index is 12.0. The highest BCUT2D eigenvalue weighted by atomic mass is 19.4. The van der Waals surface area contributed by atoms with Gasteiger partial charge in [0.1, 0.15) is 5.75 Å². The van der Waals surface area contributed by atoms with Gasteiger partial charge in [-0.2, -0.15) is 0 Å². The van der Waals surface area contributed by atoms with E-state index in [1.807, 2.05) is 0 Å². The van der Waals surface area contributed by atoms with Crippen LogP contribution in [0.4, 0.5) is 19.0 Å². The zero-order chi connectivity index (χ0) is 23.2. The minimum atomic E-state index is -4.69. The van der Waals surface area contributed by atoms with E-state index in [9.17, 15) is 22.8 Å². The number of aromatic nitrogens is 1. The molecular weight excluding hydrogens is 419 g/mol. The summed E-state index contributed by atoms with van der Waals surface area (Å²) >= 11 is 0. The molecule has 1 amide bonds. The van der Waals surface area contributed by atoms with Crippen molar-refractivity contribution in [3.63, 3.8) is 0 Å². The highest BCUT2D eigenvalue weighted by molar-refractivity contribution is 5.88. The summed E-state index contributed by atoms with van der Waals surface area (Å²) in [6.07, 6.45) is -2.40. The Balaban J connectivity index is 0.000000262. The van der Waals surface area contributed by atoms with Crippen molar-refractivity contribution in [1.29, 1.82) is 0 Å². The number of nitrogens with zero attached hydrogens (tertiary/aromatic N) is 2. The van der Waals surface area contributed by atoms with Gasteiger partial charge in [0.15, 0.2) is 11.6 Å². The highest BCUT2D eigenvalue weighted by Crippen LogP contribution is 2.23. The summed E-state index contributed by atoms with van der Waals surface area (Å²) in [7, 11) is 0. The number of nitrogens with two attached hydrogens (primary N) is 1. The van der Waals surface area contributed by atoms with Gasteiger partial charge in [-0.3, -0.25) is 4.79 Å². The zero-order valence-corrected chi connectivity index (χ0v) is 16.6. The molecule has 1 aromatic heterocycles. The topological polar surface area (TPSA) is 126 Å². The third-order valence-electron chi connectivity index (χ3n) is 4.43. The van der Waals surface area contributed by atoms with Crippen molar-refractivity contribution < 1.29 is 37.7 Å². The molecule has 1 aliphatic heterocycles. The van der Waals surface area contributed by atoms with Crippen LogP contribution in [-0.4, -0.2) is 51.4 Å². The molecule has 0 radical (unpaired) electrons. The van der Waals surface area contributed by atoms with Crippen LogP contribution in [-0.2, 0) is 11.2 Å². The molecule has 11 heteroatoms. The number of anilines is 1. The number of nitrogen functional groups attached to an aromatic ring is 1. The van der Waals surface area contributed by atoms with Crippen molar-refractivity contribution in [2.24, 2.45) is 5.92 Å². The predicted octanol–water partition coefficient (Wildman–Crippen LogP) is 3.06. The molecule has 1 aromatic carbocycles. The lowest BCUT2D eigenvalue weighted by atomic mass is 10.1. The minimum Gasteiger partial charge on any atom is -0.504 e. The van der Waals surface area contributed by atoms with Crippen molar-refractivity contribution in [2.45, 2.75) is 26.1 Å². The number of carbonyl (C=O) groups is 2. The molecule has 1 unspecified atom stereocenters. The van der Waals surface area contributed by atoms with Crippen molar-refractivity contribution >= 4 is 17.7 Å². The molecular formula is C20H22F3N3O5. The van der Waals surface area contributed by atoms with Gasteiger partial charge in [-0.1, -0.05) is 19.1 Å². The number of rotatable bonds is 4. The maximum atomic E-state index is 12.0. The molecule has 3 rings (SSSR count). The monoisotopic (exact) mass is 441 g/mol. The lowest BCUT2D eigenvalue weighted by molar-refractivity contribution is -0.274. The Labute approximate surface area is 176 Å². The fourth-order valence-corrected chi connectivity index (χ4v) is 2.84. The van der Waals surface area contributed by atoms with Crippen molar-refractivity contribution in [1.82, 2.24) is 9.88 Å². The van der Waals surface area contributed by atoms with Gasteiger partial charge in [-0.25, -0.2) is 9.78 Å². The van der Waals surface area contributed by atoms with E-state index < -0.39 is 12.3 Å². The second-order valence-corrected chi connectivity index (χ2v) is 7.04. The van der Waals surface area contributed by atoms with Crippen molar-refractivity contribution in [3.8, 4) is 11.5 Å². The Morgan fingerprint density at radius 3 is 2.42 bits per heavy atom. The first-order valence-electron chi connectivity index (χ1n) is 9.25. The summed E-state index contributed by atoms with van der Waals surface area (Å²) in [6.45, 7) is 3.61. The van der Waals surface area contributed by atoms with Gasteiger partial charge in [-0.05, 0) is 36.1 Å². The SMILES string of the molecule is CC1CCN(C(=O)Cc2ccc(OC(F)(F)F)cc2)C1.Nc1ncc(C(=O)O)cc1O. The molecule has 1 aliphatic rings. The molecule has 0 saturated carbocycles. The van der Waals surface area contributed by atoms with Gasteiger partial charge in [0, 0.05) is 19.3 Å². The molecule has 2 heterocycles. The minimum absolute atomic E-state index is 0.0128. The summed E-state index contributed by atoms with van der Waals surface area (Å²) < 4.78 is 39.8. The Bertz CT molecular complexity index is 919. The number of pyridine rings is 1. The van der Waals surface area contributed by atoms with Crippen LogP contribution in [0.15, 0.2) is 36.5 Å². The largest absolute Gasteiger partial charge is 0.573 e. The van der Waals surface area contributed by atoms with E-state index in [4.69, 9.17) is 15.9 Å². The number of halogens is 3. The van der Waals surface area contributed by atoms with Crippen LogP contribution in [0.25, 0.3) is 0 Å². The number of likely N-dealkylation sites (tertiary alicyclic amines) is 1. The first-order chi connectivity index (χ1) is 14.4. The number of hydrogen-bond acceptors (Lipinski definition) is 6. The summed E-state index contributed by atoms with van der Waals surface area (Å²) in [5.41, 5.74) is 5.73. The smallest absolute Gasteiger partial charge is 0.504 e. The average Bonchev–Trinajstić information content (AvgIpc) is 3.11. The van der Waals surface area contributed by atoms with Gasteiger partial charge in [0.25, 0.3) is 0 Å². The standard InChI is InChI=1S/C14H16F3NO2.C6H6N2O3/c1-10-6-7-18(9-10)13(19)8-11-2-4-12(5-3-11)20-14(15,16)17;7-5-4(9)1-3(2-8-5)6(10)11/h2-5,10H,6-9H2,1H3;1-2,9H,(H2,7,8)(H,10,11). The number of alkyl halides is 3. The number of benzene rings is 1. The molecule has 2 aromatic rings. The van der Waals surface area contributed by atoms with Crippen LogP contribution in [0, 0.1) is 5.92 Å². The highest BCUT2D eigenvalue weighted by Gasteiger charge is 2.31. The Morgan fingerprint density at radius 2 is 1.94 bits per heavy atom. The third-order valence-corrected chi connectivity index (χ3v) is 4.43. The Hall–Kier alpha value is -3.50. The van der Waals surface area contributed by atoms with E-state index in [0.717, 1.165) is 31.8 Å². The summed E-state index contributed by atoms with van der Waals surface area (Å²) in [6, 6.07) is 6.47. The van der Waals surface area contributed by atoms with E-state index in [-0.39, 0.29) is 35.2 Å². The first-order valence-corrected chi connectivity index (χ1v) is 9.25. The molecule has 1 saturated heterocycles. The number of hydrogen-bond donors (Lipinski definition) is 3. The fourth-order valence-electron chi connectivity index (χ4n) is 2.84. The number of aromatic hydroxyl groups is 1. The summed E-state index contributed by atoms with van der Waals surface area (Å²) in [5, 5.41) is 17.3. The van der Waals surface area contributed by atoms with Crippen LogP contribution in [0.3, 0.4) is 0 Å². The van der Waals surface area contributed by atoms with E-state index >= 15 is 0 Å². The summed E-state index contributed by atoms with van der Waals surface area (Å²) in [4.78, 5) is 27.5. The second-order valence-electron chi connectivity index (χ2n) is 7.04. The van der Waals surface area contributed by atoms with Crippen LogP contribution in [0.2, 0.25) is 0 Å². The third kappa shape index (κ3) is 7.68. The van der Waals surface area contributed by atoms with Gasteiger partial charge in [0.05, 0.1) is 12.0 Å². The Morgan fingerprint density at radius 1 is 1.29 bits per heavy atom. The molecule has 1 atom stereocenters. The number of amides is 1. The normalized spacial score (nSPS) is 15.7. The molecule has 0 aliphatic carbocycles. The lowest BCUT2D eigenvalue weighted by Crippen LogP contribution is -2.29. The quantitative estimate of drug-likeness (QED) is 0.666. The molecule has 0 bridgehead atoms. The zero-order valence-electron chi connectivity index (χ0n) is 16.6. The first kappa shape index (κ1) is 23.8. The number of carboxylic acids is 1. The predicted molar refractivity (Wildman–Crippen MR) is 104 cm³/mol. The number of carboxylic acid groups (broad SMARTS) is 1. The van der Waals surface area contributed by atoms with Gasteiger partial charge in [-0.15, -0.1) is 13.2 Å². The van der Waals surface area contributed by atoms with E-state index in [0.29, 0.717) is 11.5 Å². The number of aromatic carboxylic acids is 1. The van der Waals surface area contributed by atoms with Crippen LogP contribution >= 0.6 is 0 Å². The van der Waals surface area contributed by atoms with Gasteiger partial charge >= 0.3 is 12.3 Å². The average molecular weight is 441 g/mol. The number of ether oxygens (including phenoxy) is 1. The Kier molecular flexibility index (Phi) is 7.67. The van der Waals surface area contributed by atoms with Gasteiger partial charge < -0.3 is 25.6 Å². The lowest BCUT2D eigenvalue weighted by Gasteiger charge is -2.16. The molecule has 31 heavy (non-hydrogen) atoms. The van der Waals surface area contributed by atoms with Crippen molar-refractivity contribution in [2.75, 3.05) is 18.8 Å². The molecule has 1 fully saturated rings. The molecule has 168 valence electrons. The fraction of sp³-hybridized carbons (Fsp3) is 0.350. The number of carbonyl (C=O) groups excluding carboxylic acids is 1. The van der Waals surface area contributed by atoms with E-state index in [1.54, 1.807) is 4.90 Å².